The maximum Gasteiger partial charge on any atom is 0.144 e. The number of nitrogens with one attached hydrogen (secondary N) is 1. The van der Waals surface area contributed by atoms with E-state index in [4.69, 9.17) is 4.74 Å². The molecule has 1 N–H and O–H groups in total. The van der Waals surface area contributed by atoms with Crippen LogP contribution >= 0.6 is 0 Å². The van der Waals surface area contributed by atoms with Gasteiger partial charge in [0.15, 0.2) is 0 Å². The van der Waals surface area contributed by atoms with Crippen LogP contribution in [0.15, 0.2) is 60.9 Å². The van der Waals surface area contributed by atoms with E-state index >= 15 is 0 Å². The summed E-state index contributed by atoms with van der Waals surface area (Å²) >= 11 is 0. The third kappa shape index (κ3) is 3.18. The molecular weight excluding hydrogens is 383 g/mol. The third-order valence-corrected chi connectivity index (χ3v) is 4.86. The standard InChI is InChI=1S/C22H17FN6O/c1-13-10-14(26-22-21-16(23)4-3-5-17(21)24-12-25-22)6-9-20(13)30-15-7-8-19-18(11-15)27-28-29(19)2/h3-12H,1-2H3,(H,24,25,26). The SMILES string of the molecule is Cc1cc(Nc2ncnc3cccc(F)c23)ccc1Oc1ccc2c(c1)nnn2C. The van der Waals surface area contributed by atoms with Gasteiger partial charge in [-0.25, -0.2) is 19.0 Å². The minimum absolute atomic E-state index is 0.357. The number of fused-ring (bicyclic) bond motifs is 2. The van der Waals surface area contributed by atoms with Crippen LogP contribution in [0, 0.1) is 12.7 Å². The largest absolute Gasteiger partial charge is 0.457 e. The van der Waals surface area contributed by atoms with Gasteiger partial charge in [0.2, 0.25) is 0 Å². The first-order valence-electron chi connectivity index (χ1n) is 9.33. The van der Waals surface area contributed by atoms with Crippen LogP contribution in [0.25, 0.3) is 21.9 Å². The zero-order valence-electron chi connectivity index (χ0n) is 16.3. The Morgan fingerprint density at radius 2 is 1.90 bits per heavy atom. The number of aromatic nitrogens is 5. The molecule has 3 aromatic carbocycles. The Labute approximate surface area is 171 Å². The monoisotopic (exact) mass is 400 g/mol. The van der Waals surface area contributed by atoms with Crippen LogP contribution in [0.1, 0.15) is 5.56 Å². The number of rotatable bonds is 4. The summed E-state index contributed by atoms with van der Waals surface area (Å²) in [6.07, 6.45) is 1.41. The highest BCUT2D eigenvalue weighted by Crippen LogP contribution is 2.31. The van der Waals surface area contributed by atoms with Crippen LogP contribution in [0.3, 0.4) is 0 Å². The van der Waals surface area contributed by atoms with Gasteiger partial charge in [0.05, 0.1) is 16.4 Å². The van der Waals surface area contributed by atoms with E-state index in [0.717, 1.165) is 22.3 Å². The van der Waals surface area contributed by atoms with Crippen LogP contribution in [-0.4, -0.2) is 25.0 Å². The van der Waals surface area contributed by atoms with Gasteiger partial charge in [0.25, 0.3) is 0 Å². The lowest BCUT2D eigenvalue weighted by atomic mass is 10.2. The van der Waals surface area contributed by atoms with Gasteiger partial charge in [0.1, 0.15) is 35.0 Å². The number of ether oxygens (including phenoxy) is 1. The normalized spacial score (nSPS) is 11.2. The van der Waals surface area contributed by atoms with E-state index in [2.05, 4.69) is 25.6 Å². The summed E-state index contributed by atoms with van der Waals surface area (Å²) in [5.41, 5.74) is 3.93. The molecule has 8 heteroatoms. The molecule has 0 spiro atoms. The van der Waals surface area contributed by atoms with Gasteiger partial charge in [0, 0.05) is 18.8 Å². The molecule has 0 bridgehead atoms. The molecule has 0 aliphatic rings. The Balaban J connectivity index is 1.42. The molecule has 0 aliphatic heterocycles. The zero-order valence-corrected chi connectivity index (χ0v) is 16.3. The van der Waals surface area contributed by atoms with Crippen molar-refractivity contribution >= 4 is 33.4 Å². The van der Waals surface area contributed by atoms with E-state index in [-0.39, 0.29) is 5.82 Å². The fraction of sp³-hybridized carbons (Fsp3) is 0.0909. The van der Waals surface area contributed by atoms with Crippen LogP contribution in [0.4, 0.5) is 15.9 Å². The summed E-state index contributed by atoms with van der Waals surface area (Å²) in [6, 6.07) is 16.1. The number of nitrogens with zero attached hydrogens (tertiary/aromatic N) is 5. The number of benzene rings is 3. The predicted molar refractivity (Wildman–Crippen MR) is 113 cm³/mol. The first-order valence-corrected chi connectivity index (χ1v) is 9.33. The Hall–Kier alpha value is -4.07. The van der Waals surface area contributed by atoms with Crippen molar-refractivity contribution in [1.82, 2.24) is 25.0 Å². The van der Waals surface area contributed by atoms with Crippen molar-refractivity contribution in [1.29, 1.82) is 0 Å². The molecule has 2 aromatic heterocycles. The molecular formula is C22H17FN6O. The molecule has 5 aromatic rings. The fourth-order valence-corrected chi connectivity index (χ4v) is 3.35. The van der Waals surface area contributed by atoms with Crippen molar-refractivity contribution in [2.75, 3.05) is 5.32 Å². The molecule has 0 aliphatic carbocycles. The van der Waals surface area contributed by atoms with Crippen molar-refractivity contribution < 1.29 is 9.13 Å². The summed E-state index contributed by atoms with van der Waals surface area (Å²) < 4.78 is 22.0. The maximum atomic E-state index is 14.3. The molecule has 2 heterocycles. The summed E-state index contributed by atoms with van der Waals surface area (Å²) in [5.74, 6) is 1.43. The van der Waals surface area contributed by atoms with Gasteiger partial charge >= 0.3 is 0 Å². The van der Waals surface area contributed by atoms with Crippen molar-refractivity contribution in [3.05, 3.63) is 72.3 Å². The third-order valence-electron chi connectivity index (χ3n) is 4.86. The molecule has 0 unspecified atom stereocenters. The molecule has 0 atom stereocenters. The van der Waals surface area contributed by atoms with Crippen molar-refractivity contribution in [2.24, 2.45) is 7.05 Å². The van der Waals surface area contributed by atoms with E-state index in [1.807, 2.05) is 50.4 Å². The average molecular weight is 400 g/mol. The number of aryl methyl sites for hydroxylation is 2. The average Bonchev–Trinajstić information content (AvgIpc) is 3.10. The summed E-state index contributed by atoms with van der Waals surface area (Å²) in [5, 5.41) is 11.7. The molecule has 0 saturated carbocycles. The van der Waals surface area contributed by atoms with Gasteiger partial charge in [-0.15, -0.1) is 5.10 Å². The summed E-state index contributed by atoms with van der Waals surface area (Å²) in [7, 11) is 1.85. The second-order valence-electron chi connectivity index (χ2n) is 6.93. The van der Waals surface area contributed by atoms with E-state index in [1.54, 1.807) is 16.8 Å². The van der Waals surface area contributed by atoms with Crippen LogP contribution in [0.5, 0.6) is 11.5 Å². The smallest absolute Gasteiger partial charge is 0.144 e. The Morgan fingerprint density at radius 3 is 2.77 bits per heavy atom. The highest BCUT2D eigenvalue weighted by Gasteiger charge is 2.11. The first-order chi connectivity index (χ1) is 14.6. The fourth-order valence-electron chi connectivity index (χ4n) is 3.35. The second kappa shape index (κ2) is 7.07. The van der Waals surface area contributed by atoms with E-state index in [0.29, 0.717) is 28.2 Å². The summed E-state index contributed by atoms with van der Waals surface area (Å²) in [6.45, 7) is 1.94. The summed E-state index contributed by atoms with van der Waals surface area (Å²) in [4.78, 5) is 8.33. The first kappa shape index (κ1) is 18.0. The van der Waals surface area contributed by atoms with E-state index in [9.17, 15) is 4.39 Å². The number of halogens is 1. The molecule has 0 fully saturated rings. The van der Waals surface area contributed by atoms with Gasteiger partial charge in [-0.2, -0.15) is 0 Å². The molecule has 5 rings (SSSR count). The van der Waals surface area contributed by atoms with Gasteiger partial charge < -0.3 is 10.1 Å². The molecule has 30 heavy (non-hydrogen) atoms. The molecule has 0 amide bonds. The second-order valence-corrected chi connectivity index (χ2v) is 6.93. The van der Waals surface area contributed by atoms with E-state index < -0.39 is 0 Å². The van der Waals surface area contributed by atoms with Gasteiger partial charge in [-0.1, -0.05) is 11.3 Å². The van der Waals surface area contributed by atoms with E-state index in [1.165, 1.54) is 12.4 Å². The van der Waals surface area contributed by atoms with Crippen molar-refractivity contribution in [3.8, 4) is 11.5 Å². The quantitative estimate of drug-likeness (QED) is 0.463. The Kier molecular flexibility index (Phi) is 4.24. The van der Waals surface area contributed by atoms with Gasteiger partial charge in [-0.05, 0) is 55.0 Å². The number of hydrogen-bond acceptors (Lipinski definition) is 6. The van der Waals surface area contributed by atoms with Gasteiger partial charge in [-0.3, -0.25) is 0 Å². The highest BCUT2D eigenvalue weighted by molar-refractivity contribution is 5.91. The topological polar surface area (TPSA) is 77.8 Å². The molecule has 7 nitrogen and oxygen atoms in total. The van der Waals surface area contributed by atoms with Crippen molar-refractivity contribution in [3.63, 3.8) is 0 Å². The highest BCUT2D eigenvalue weighted by atomic mass is 19.1. The van der Waals surface area contributed by atoms with Crippen molar-refractivity contribution in [2.45, 2.75) is 6.92 Å². The predicted octanol–water partition coefficient (Wildman–Crippen LogP) is 4.89. The van der Waals surface area contributed by atoms with Crippen LogP contribution < -0.4 is 10.1 Å². The van der Waals surface area contributed by atoms with Crippen LogP contribution in [-0.2, 0) is 7.05 Å². The number of anilines is 2. The lowest BCUT2D eigenvalue weighted by Gasteiger charge is -2.12. The maximum absolute atomic E-state index is 14.3. The van der Waals surface area contributed by atoms with Crippen LogP contribution in [0.2, 0.25) is 0 Å². The molecule has 0 saturated heterocycles. The Morgan fingerprint density at radius 1 is 1.00 bits per heavy atom. The minimum atomic E-state index is -0.369. The zero-order chi connectivity index (χ0) is 20.7. The Bertz CT molecular complexity index is 1390. The minimum Gasteiger partial charge on any atom is -0.457 e. The molecule has 0 radical (unpaired) electrons. The number of hydrogen-bond donors (Lipinski definition) is 1. The lowest BCUT2D eigenvalue weighted by molar-refractivity contribution is 0.479. The lowest BCUT2D eigenvalue weighted by Crippen LogP contribution is -1.98. The molecule has 148 valence electrons.